The summed E-state index contributed by atoms with van der Waals surface area (Å²) in [6, 6.07) is 1.48. The number of hydrogen-bond acceptors (Lipinski definition) is 2. The second kappa shape index (κ2) is 4.97. The molecule has 1 saturated heterocycles. The molecule has 0 saturated carbocycles. The third-order valence-corrected chi connectivity index (χ3v) is 3.18. The molecule has 2 nitrogen and oxygen atoms in total. The first kappa shape index (κ1) is 11.0. The van der Waals surface area contributed by atoms with Crippen molar-refractivity contribution in [2.75, 3.05) is 26.7 Å². The molecule has 1 heterocycles. The summed E-state index contributed by atoms with van der Waals surface area (Å²) < 4.78 is 0. The van der Waals surface area contributed by atoms with Crippen molar-refractivity contribution >= 4 is 0 Å². The molecule has 1 fully saturated rings. The highest BCUT2D eigenvalue weighted by Gasteiger charge is 2.25. The molecule has 0 radical (unpaired) electrons. The fraction of sp³-hybridized carbons (Fsp3) is 1.00. The Labute approximate surface area is 82.9 Å². The maximum atomic E-state index is 2.59. The normalized spacial score (nSPS) is 24.9. The van der Waals surface area contributed by atoms with E-state index in [-0.39, 0.29) is 0 Å². The van der Waals surface area contributed by atoms with Crippen molar-refractivity contribution in [1.82, 2.24) is 9.80 Å². The lowest BCUT2D eigenvalue weighted by atomic mass is 10.2. The quantitative estimate of drug-likeness (QED) is 0.657. The van der Waals surface area contributed by atoms with Crippen molar-refractivity contribution in [3.8, 4) is 0 Å². The largest absolute Gasteiger partial charge is 0.302 e. The first-order valence-electron chi connectivity index (χ1n) is 5.59. The molecule has 1 atom stereocenters. The van der Waals surface area contributed by atoms with Gasteiger partial charge in [-0.25, -0.2) is 0 Å². The predicted molar refractivity (Wildman–Crippen MR) is 58.0 cm³/mol. The number of nitrogens with zero attached hydrogens (tertiary/aromatic N) is 2. The lowest BCUT2D eigenvalue weighted by Crippen LogP contribution is -2.39. The topological polar surface area (TPSA) is 6.48 Å². The van der Waals surface area contributed by atoms with E-state index in [1.165, 1.54) is 32.5 Å². The lowest BCUT2D eigenvalue weighted by Gasteiger charge is -2.28. The van der Waals surface area contributed by atoms with Crippen LogP contribution in [0.15, 0.2) is 0 Å². The van der Waals surface area contributed by atoms with Crippen LogP contribution in [0.4, 0.5) is 0 Å². The molecule has 78 valence electrons. The molecule has 0 aliphatic carbocycles. The van der Waals surface area contributed by atoms with Gasteiger partial charge in [-0.05, 0) is 46.8 Å². The first-order valence-corrected chi connectivity index (χ1v) is 5.59. The summed E-state index contributed by atoms with van der Waals surface area (Å²) in [5.41, 5.74) is 0. The number of likely N-dealkylation sites (tertiary alicyclic amines) is 1. The van der Waals surface area contributed by atoms with Crippen LogP contribution in [-0.4, -0.2) is 48.6 Å². The Kier molecular flexibility index (Phi) is 4.20. The molecule has 1 rings (SSSR count). The highest BCUT2D eigenvalue weighted by Crippen LogP contribution is 2.16. The van der Waals surface area contributed by atoms with Gasteiger partial charge >= 0.3 is 0 Å². The average Bonchev–Trinajstić information content (AvgIpc) is 2.52. The standard InChI is InChI=1S/C11H24N2/c1-5-7-13-8-6-11(9-13)12(4)10(2)3/h10-11H,5-9H2,1-4H3. The van der Waals surface area contributed by atoms with Crippen molar-refractivity contribution < 1.29 is 0 Å². The van der Waals surface area contributed by atoms with Crippen molar-refractivity contribution in [2.45, 2.75) is 45.7 Å². The summed E-state index contributed by atoms with van der Waals surface area (Å²) >= 11 is 0. The molecule has 0 amide bonds. The van der Waals surface area contributed by atoms with Gasteiger partial charge in [0.2, 0.25) is 0 Å². The molecule has 0 aromatic carbocycles. The van der Waals surface area contributed by atoms with Gasteiger partial charge in [0.1, 0.15) is 0 Å². The summed E-state index contributed by atoms with van der Waals surface area (Å²) in [4.78, 5) is 5.10. The Hall–Kier alpha value is -0.0800. The Bertz CT molecular complexity index is 145. The highest BCUT2D eigenvalue weighted by molar-refractivity contribution is 4.82. The maximum absolute atomic E-state index is 2.59. The van der Waals surface area contributed by atoms with Gasteiger partial charge in [-0.2, -0.15) is 0 Å². The molecular formula is C11H24N2. The van der Waals surface area contributed by atoms with E-state index in [2.05, 4.69) is 37.6 Å². The van der Waals surface area contributed by atoms with Crippen LogP contribution in [0.1, 0.15) is 33.6 Å². The third kappa shape index (κ3) is 2.96. The van der Waals surface area contributed by atoms with Gasteiger partial charge in [-0.3, -0.25) is 4.90 Å². The molecule has 1 unspecified atom stereocenters. The Morgan fingerprint density at radius 2 is 2.15 bits per heavy atom. The van der Waals surface area contributed by atoms with Crippen LogP contribution in [-0.2, 0) is 0 Å². The molecular weight excluding hydrogens is 160 g/mol. The van der Waals surface area contributed by atoms with E-state index in [0.717, 1.165) is 6.04 Å². The molecule has 2 heteroatoms. The summed E-state index contributed by atoms with van der Waals surface area (Å²) in [6.45, 7) is 10.7. The zero-order chi connectivity index (χ0) is 9.84. The molecule has 1 aliphatic heterocycles. The predicted octanol–water partition coefficient (Wildman–Crippen LogP) is 1.81. The average molecular weight is 184 g/mol. The summed E-state index contributed by atoms with van der Waals surface area (Å²) in [5, 5.41) is 0. The van der Waals surface area contributed by atoms with E-state index in [9.17, 15) is 0 Å². The summed E-state index contributed by atoms with van der Waals surface area (Å²) in [6.07, 6.45) is 2.65. The van der Waals surface area contributed by atoms with E-state index in [0.29, 0.717) is 6.04 Å². The zero-order valence-corrected chi connectivity index (χ0v) is 9.58. The molecule has 0 aromatic heterocycles. The van der Waals surface area contributed by atoms with Crippen LogP contribution in [0, 0.1) is 0 Å². The van der Waals surface area contributed by atoms with E-state index >= 15 is 0 Å². The van der Waals surface area contributed by atoms with Gasteiger partial charge in [0.15, 0.2) is 0 Å². The molecule has 0 bridgehead atoms. The minimum atomic E-state index is 0.687. The van der Waals surface area contributed by atoms with Crippen LogP contribution >= 0.6 is 0 Å². The summed E-state index contributed by atoms with van der Waals surface area (Å²) in [5.74, 6) is 0. The fourth-order valence-corrected chi connectivity index (χ4v) is 2.09. The van der Waals surface area contributed by atoms with Crippen LogP contribution in [0.2, 0.25) is 0 Å². The smallest absolute Gasteiger partial charge is 0.0234 e. The van der Waals surface area contributed by atoms with Gasteiger partial charge < -0.3 is 4.90 Å². The lowest BCUT2D eigenvalue weighted by molar-refractivity contribution is 0.192. The molecule has 0 N–H and O–H groups in total. The second-order valence-corrected chi connectivity index (χ2v) is 4.50. The molecule has 1 aliphatic rings. The van der Waals surface area contributed by atoms with Gasteiger partial charge in [0.05, 0.1) is 0 Å². The van der Waals surface area contributed by atoms with Crippen LogP contribution in [0.25, 0.3) is 0 Å². The minimum Gasteiger partial charge on any atom is -0.302 e. The minimum absolute atomic E-state index is 0.687. The van der Waals surface area contributed by atoms with Crippen molar-refractivity contribution in [3.63, 3.8) is 0 Å². The third-order valence-electron chi connectivity index (χ3n) is 3.18. The zero-order valence-electron chi connectivity index (χ0n) is 9.58. The SMILES string of the molecule is CCCN1CCC(N(C)C(C)C)C1. The van der Waals surface area contributed by atoms with Gasteiger partial charge in [-0.1, -0.05) is 6.92 Å². The van der Waals surface area contributed by atoms with E-state index in [1.807, 2.05) is 0 Å². The van der Waals surface area contributed by atoms with Crippen molar-refractivity contribution in [3.05, 3.63) is 0 Å². The number of rotatable bonds is 4. The second-order valence-electron chi connectivity index (χ2n) is 4.50. The van der Waals surface area contributed by atoms with Crippen LogP contribution in [0.5, 0.6) is 0 Å². The molecule has 0 spiro atoms. The molecule has 13 heavy (non-hydrogen) atoms. The van der Waals surface area contributed by atoms with Gasteiger partial charge in [0.25, 0.3) is 0 Å². The van der Waals surface area contributed by atoms with Crippen LogP contribution in [0.3, 0.4) is 0 Å². The maximum Gasteiger partial charge on any atom is 0.0234 e. The number of likely N-dealkylation sites (N-methyl/N-ethyl adjacent to an activating group) is 1. The Morgan fingerprint density at radius 1 is 1.46 bits per heavy atom. The Morgan fingerprint density at radius 3 is 2.69 bits per heavy atom. The fourth-order valence-electron chi connectivity index (χ4n) is 2.09. The monoisotopic (exact) mass is 184 g/mol. The van der Waals surface area contributed by atoms with E-state index < -0.39 is 0 Å². The van der Waals surface area contributed by atoms with Gasteiger partial charge in [0, 0.05) is 18.6 Å². The molecule has 0 aromatic rings. The number of hydrogen-bond donors (Lipinski definition) is 0. The van der Waals surface area contributed by atoms with E-state index in [4.69, 9.17) is 0 Å². The first-order chi connectivity index (χ1) is 6.15. The van der Waals surface area contributed by atoms with Crippen molar-refractivity contribution in [1.29, 1.82) is 0 Å². The Balaban J connectivity index is 2.31. The highest BCUT2D eigenvalue weighted by atomic mass is 15.2. The van der Waals surface area contributed by atoms with Crippen molar-refractivity contribution in [2.24, 2.45) is 0 Å². The van der Waals surface area contributed by atoms with Crippen LogP contribution < -0.4 is 0 Å². The van der Waals surface area contributed by atoms with E-state index in [1.54, 1.807) is 0 Å². The van der Waals surface area contributed by atoms with Gasteiger partial charge in [-0.15, -0.1) is 0 Å². The summed E-state index contributed by atoms with van der Waals surface area (Å²) in [7, 11) is 2.25.